The molecule has 0 saturated heterocycles. The lowest BCUT2D eigenvalue weighted by molar-refractivity contribution is -0.137. The molecule has 3 N–H and O–H groups in total. The van der Waals surface area contributed by atoms with Gasteiger partial charge in [-0.3, -0.25) is 10.1 Å². The molecule has 0 aromatic carbocycles. The number of aliphatic hydroxyl groups is 1. The molecule has 4 nitrogen and oxygen atoms in total. The highest BCUT2D eigenvalue weighted by Gasteiger charge is 1.97. The van der Waals surface area contributed by atoms with Crippen molar-refractivity contribution in [2.24, 2.45) is 0 Å². The van der Waals surface area contributed by atoms with Crippen LogP contribution in [0.15, 0.2) is 0 Å². The minimum absolute atomic E-state index is 0.115. The maximum absolute atomic E-state index is 10.3. The lowest BCUT2D eigenvalue weighted by Gasteiger charge is -2.03. The number of aliphatic hydroxyl groups excluding tert-OH is 1. The summed E-state index contributed by atoms with van der Waals surface area (Å²) in [5, 5.41) is 19.6. The third-order valence-corrected chi connectivity index (χ3v) is 5.06. The van der Waals surface area contributed by atoms with Crippen molar-refractivity contribution in [3.63, 3.8) is 0 Å². The fraction of sp³-hybridized carbons (Fsp3) is 0.958. The molecule has 0 aromatic heterocycles. The fourth-order valence-electron chi connectivity index (χ4n) is 3.23. The van der Waals surface area contributed by atoms with Gasteiger partial charge in [-0.2, -0.15) is 0 Å². The second kappa shape index (κ2) is 28.6. The zero-order chi connectivity index (χ0) is 21.1. The number of nitrogens with one attached hydrogen (secondary N) is 1. The van der Waals surface area contributed by atoms with Crippen molar-refractivity contribution >= 4 is 5.97 Å². The van der Waals surface area contributed by atoms with E-state index in [9.17, 15) is 4.79 Å². The molecule has 0 spiro atoms. The first kappa shape index (κ1) is 29.6. The quantitative estimate of drug-likeness (QED) is 0.142. The van der Waals surface area contributed by atoms with Gasteiger partial charge in [0.05, 0.1) is 6.73 Å². The van der Waals surface area contributed by atoms with Gasteiger partial charge in [0.2, 0.25) is 0 Å². The van der Waals surface area contributed by atoms with Gasteiger partial charge in [0.15, 0.2) is 0 Å². The summed E-state index contributed by atoms with van der Waals surface area (Å²) in [6, 6.07) is 0. The summed E-state index contributed by atoms with van der Waals surface area (Å²) in [4.78, 5) is 10.3. The Labute approximate surface area is 175 Å². The Morgan fingerprint density at radius 2 is 0.964 bits per heavy atom. The van der Waals surface area contributed by atoms with Gasteiger partial charge in [-0.25, -0.2) is 0 Å². The van der Waals surface area contributed by atoms with Crippen molar-refractivity contribution in [1.29, 1.82) is 0 Å². The van der Waals surface area contributed by atoms with Gasteiger partial charge in [0.25, 0.3) is 0 Å². The first-order valence-corrected chi connectivity index (χ1v) is 12.2. The number of carbonyl (C=O) groups is 1. The van der Waals surface area contributed by atoms with Crippen LogP contribution >= 0.6 is 0 Å². The molecule has 170 valence electrons. The number of carboxylic acid groups (broad SMARTS) is 1. The molecule has 0 radical (unpaired) electrons. The highest BCUT2D eigenvalue weighted by molar-refractivity contribution is 5.66. The Kier molecular flexibility index (Phi) is 30.2. The first-order chi connectivity index (χ1) is 13.7. The van der Waals surface area contributed by atoms with E-state index in [1.54, 1.807) is 0 Å². The van der Waals surface area contributed by atoms with Gasteiger partial charge in [-0.1, -0.05) is 117 Å². The van der Waals surface area contributed by atoms with Crippen molar-refractivity contribution < 1.29 is 15.0 Å². The second-order valence-electron chi connectivity index (χ2n) is 7.96. The van der Waals surface area contributed by atoms with E-state index in [1.165, 1.54) is 103 Å². The lowest BCUT2D eigenvalue weighted by Crippen LogP contribution is -2.15. The van der Waals surface area contributed by atoms with Crippen molar-refractivity contribution in [1.82, 2.24) is 5.32 Å². The van der Waals surface area contributed by atoms with E-state index in [0.29, 0.717) is 6.42 Å². The zero-order valence-electron chi connectivity index (χ0n) is 19.2. The van der Waals surface area contributed by atoms with Gasteiger partial charge < -0.3 is 10.2 Å². The Morgan fingerprint density at radius 3 is 1.32 bits per heavy atom. The van der Waals surface area contributed by atoms with Crippen LogP contribution in [0.4, 0.5) is 0 Å². The van der Waals surface area contributed by atoms with Crippen LogP contribution in [0, 0.1) is 0 Å². The Balaban J connectivity index is 0. The van der Waals surface area contributed by atoms with E-state index in [1.807, 2.05) is 0 Å². The molecule has 0 atom stereocenters. The van der Waals surface area contributed by atoms with Crippen LogP contribution in [0.25, 0.3) is 0 Å². The third-order valence-electron chi connectivity index (χ3n) is 5.06. The van der Waals surface area contributed by atoms with E-state index in [4.69, 9.17) is 10.2 Å². The predicted molar refractivity (Wildman–Crippen MR) is 122 cm³/mol. The number of hydrogen-bond acceptors (Lipinski definition) is 3. The summed E-state index contributed by atoms with van der Waals surface area (Å²) in [6.45, 7) is 5.50. The molecule has 0 amide bonds. The Morgan fingerprint density at radius 1 is 0.607 bits per heavy atom. The van der Waals surface area contributed by atoms with Crippen molar-refractivity contribution in [3.05, 3.63) is 0 Å². The summed E-state index contributed by atoms with van der Waals surface area (Å²) in [5.74, 6) is -0.653. The number of hydrogen-bond donors (Lipinski definition) is 3. The topological polar surface area (TPSA) is 69.6 Å². The minimum Gasteiger partial charge on any atom is -0.481 e. The summed E-state index contributed by atoms with van der Waals surface area (Å²) < 4.78 is 0. The first-order valence-electron chi connectivity index (χ1n) is 12.2. The highest BCUT2D eigenvalue weighted by Crippen LogP contribution is 2.13. The summed E-state index contributed by atoms with van der Waals surface area (Å²) in [5.41, 5.74) is 0. The van der Waals surface area contributed by atoms with E-state index < -0.39 is 5.97 Å². The van der Waals surface area contributed by atoms with Crippen LogP contribution in [0.1, 0.15) is 136 Å². The summed E-state index contributed by atoms with van der Waals surface area (Å²) in [6.07, 6.45) is 23.9. The Hall–Kier alpha value is -0.610. The third kappa shape index (κ3) is 33.0. The van der Waals surface area contributed by atoms with Crippen LogP contribution in [-0.2, 0) is 4.79 Å². The number of aliphatic carboxylic acids is 1. The lowest BCUT2D eigenvalue weighted by atomic mass is 10.0. The minimum atomic E-state index is -0.653. The van der Waals surface area contributed by atoms with Crippen LogP contribution in [-0.4, -0.2) is 29.5 Å². The normalized spacial score (nSPS) is 10.5. The summed E-state index contributed by atoms with van der Waals surface area (Å²) >= 11 is 0. The standard InChI is InChI=1S/C18H36O2.C6H15NO/c1-2-3-4-5-6-7-8-9-10-11-12-13-14-15-16-17-18(19)20;1-2-3-4-5-7-6-8/h2-17H2,1H3,(H,19,20);7-8H,2-6H2,1H3. The van der Waals surface area contributed by atoms with E-state index in [0.717, 1.165) is 19.4 Å². The maximum Gasteiger partial charge on any atom is 0.303 e. The smallest absolute Gasteiger partial charge is 0.303 e. The zero-order valence-corrected chi connectivity index (χ0v) is 19.2. The average Bonchev–Trinajstić information content (AvgIpc) is 2.68. The molecule has 0 aliphatic rings. The van der Waals surface area contributed by atoms with Crippen molar-refractivity contribution in [2.75, 3.05) is 13.3 Å². The molecule has 0 bridgehead atoms. The molecule has 0 rings (SSSR count). The van der Waals surface area contributed by atoms with Gasteiger partial charge in [0.1, 0.15) is 0 Å². The largest absolute Gasteiger partial charge is 0.481 e. The van der Waals surface area contributed by atoms with Gasteiger partial charge in [-0.15, -0.1) is 0 Å². The second-order valence-corrected chi connectivity index (χ2v) is 7.96. The molecular weight excluding hydrogens is 350 g/mol. The molecule has 0 fully saturated rings. The summed E-state index contributed by atoms with van der Waals surface area (Å²) in [7, 11) is 0. The van der Waals surface area contributed by atoms with E-state index in [2.05, 4.69) is 19.2 Å². The predicted octanol–water partition coefficient (Wildman–Crippen LogP) is 7.05. The van der Waals surface area contributed by atoms with E-state index >= 15 is 0 Å². The van der Waals surface area contributed by atoms with E-state index in [-0.39, 0.29) is 6.73 Å². The molecule has 28 heavy (non-hydrogen) atoms. The van der Waals surface area contributed by atoms with Gasteiger partial charge in [0, 0.05) is 6.42 Å². The van der Waals surface area contributed by atoms with Crippen LogP contribution < -0.4 is 5.32 Å². The van der Waals surface area contributed by atoms with Gasteiger partial charge in [-0.05, 0) is 19.4 Å². The van der Waals surface area contributed by atoms with Crippen LogP contribution in [0.3, 0.4) is 0 Å². The molecule has 0 aliphatic heterocycles. The number of unbranched alkanes of at least 4 members (excludes halogenated alkanes) is 16. The fourth-order valence-corrected chi connectivity index (χ4v) is 3.23. The monoisotopic (exact) mass is 401 g/mol. The van der Waals surface area contributed by atoms with Crippen molar-refractivity contribution in [3.8, 4) is 0 Å². The highest BCUT2D eigenvalue weighted by atomic mass is 16.4. The SMILES string of the molecule is CCCCCCCCCCCCCCCCCC(=O)O.CCCCCNCO. The number of carboxylic acids is 1. The molecule has 0 saturated carbocycles. The van der Waals surface area contributed by atoms with Crippen LogP contribution in [0.2, 0.25) is 0 Å². The molecule has 0 aromatic rings. The van der Waals surface area contributed by atoms with Crippen molar-refractivity contribution in [2.45, 2.75) is 136 Å². The molecule has 4 heteroatoms. The number of rotatable bonds is 21. The maximum atomic E-state index is 10.3. The van der Waals surface area contributed by atoms with Crippen LogP contribution in [0.5, 0.6) is 0 Å². The molecular formula is C24H51NO3. The molecule has 0 heterocycles. The Bertz CT molecular complexity index is 279. The molecule has 0 unspecified atom stereocenters. The van der Waals surface area contributed by atoms with Gasteiger partial charge >= 0.3 is 5.97 Å². The molecule has 0 aliphatic carbocycles. The average molecular weight is 402 g/mol.